The molecule has 0 radical (unpaired) electrons. The van der Waals surface area contributed by atoms with Crippen LogP contribution < -0.4 is 4.90 Å². The van der Waals surface area contributed by atoms with Gasteiger partial charge in [-0.3, -0.25) is 14.9 Å². The SMILES string of the molecule is O=C(c1ccccc1[N+](=O)[O-])N1CCN(c2nc3ccc(Br)cc3s2)CC1. The summed E-state index contributed by atoms with van der Waals surface area (Å²) in [5, 5.41) is 12.1. The average molecular weight is 447 g/mol. The highest BCUT2D eigenvalue weighted by Gasteiger charge is 2.28. The molecule has 3 aromatic rings. The summed E-state index contributed by atoms with van der Waals surface area (Å²) in [7, 11) is 0. The van der Waals surface area contributed by atoms with Crippen molar-refractivity contribution in [1.82, 2.24) is 9.88 Å². The van der Waals surface area contributed by atoms with E-state index in [-0.39, 0.29) is 17.2 Å². The molecule has 0 saturated carbocycles. The molecule has 1 fully saturated rings. The number of nitro groups is 1. The number of halogens is 1. The number of thiazole rings is 1. The van der Waals surface area contributed by atoms with Crippen molar-refractivity contribution in [1.29, 1.82) is 0 Å². The Balaban J connectivity index is 1.48. The van der Waals surface area contributed by atoms with Crippen LogP contribution >= 0.6 is 27.3 Å². The smallest absolute Gasteiger partial charge is 0.282 e. The number of para-hydroxylation sites is 1. The highest BCUT2D eigenvalue weighted by molar-refractivity contribution is 9.10. The molecule has 1 aliphatic heterocycles. The average Bonchev–Trinajstić information content (AvgIpc) is 3.10. The molecule has 7 nitrogen and oxygen atoms in total. The molecule has 0 bridgehead atoms. The van der Waals surface area contributed by atoms with Gasteiger partial charge in [-0.1, -0.05) is 39.4 Å². The zero-order valence-electron chi connectivity index (χ0n) is 14.2. The van der Waals surface area contributed by atoms with Crippen molar-refractivity contribution in [3.8, 4) is 0 Å². The van der Waals surface area contributed by atoms with Crippen LogP contribution in [0.3, 0.4) is 0 Å². The fourth-order valence-electron chi connectivity index (χ4n) is 3.11. The van der Waals surface area contributed by atoms with E-state index in [4.69, 9.17) is 0 Å². The molecule has 0 aliphatic carbocycles. The maximum Gasteiger partial charge on any atom is 0.282 e. The number of rotatable bonds is 3. The molecule has 1 saturated heterocycles. The number of hydrogen-bond acceptors (Lipinski definition) is 6. The third-order valence-corrected chi connectivity index (χ3v) is 6.08. The minimum Gasteiger partial charge on any atom is -0.345 e. The van der Waals surface area contributed by atoms with Gasteiger partial charge in [0, 0.05) is 36.7 Å². The van der Waals surface area contributed by atoms with E-state index in [1.165, 1.54) is 12.1 Å². The van der Waals surface area contributed by atoms with E-state index in [2.05, 4.69) is 25.8 Å². The van der Waals surface area contributed by atoms with Gasteiger partial charge < -0.3 is 9.80 Å². The molecule has 9 heteroatoms. The molecule has 0 unspecified atom stereocenters. The Labute approximate surface area is 167 Å². The van der Waals surface area contributed by atoms with Crippen molar-refractivity contribution in [3.05, 3.63) is 62.6 Å². The Kier molecular flexibility index (Phi) is 4.79. The molecular weight excluding hydrogens is 432 g/mol. The molecule has 2 heterocycles. The van der Waals surface area contributed by atoms with E-state index < -0.39 is 4.92 Å². The maximum atomic E-state index is 12.7. The number of carbonyl (C=O) groups is 1. The first-order valence-electron chi connectivity index (χ1n) is 8.36. The maximum absolute atomic E-state index is 12.7. The van der Waals surface area contributed by atoms with Crippen LogP contribution in [0.4, 0.5) is 10.8 Å². The van der Waals surface area contributed by atoms with Gasteiger partial charge in [-0.2, -0.15) is 0 Å². The summed E-state index contributed by atoms with van der Waals surface area (Å²) >= 11 is 5.10. The number of piperazine rings is 1. The molecule has 1 aromatic heterocycles. The van der Waals surface area contributed by atoms with Gasteiger partial charge in [-0.25, -0.2) is 4.98 Å². The zero-order valence-corrected chi connectivity index (χ0v) is 16.6. The van der Waals surface area contributed by atoms with Gasteiger partial charge in [0.25, 0.3) is 11.6 Å². The first-order chi connectivity index (χ1) is 13.0. The zero-order chi connectivity index (χ0) is 19.0. The molecule has 1 amide bonds. The van der Waals surface area contributed by atoms with Crippen LogP contribution in [0.25, 0.3) is 10.2 Å². The number of amides is 1. The number of fused-ring (bicyclic) bond motifs is 1. The van der Waals surface area contributed by atoms with Crippen molar-refractivity contribution in [2.75, 3.05) is 31.1 Å². The second-order valence-corrected chi connectivity index (χ2v) is 8.09. The number of aromatic nitrogens is 1. The standard InChI is InChI=1S/C18H15BrN4O3S/c19-12-5-6-14-16(11-12)27-18(20-14)22-9-7-21(8-10-22)17(24)13-3-1-2-4-15(13)23(25)26/h1-6,11H,7-10H2. The Morgan fingerprint density at radius 2 is 1.89 bits per heavy atom. The van der Waals surface area contributed by atoms with Gasteiger partial charge in [-0.15, -0.1) is 0 Å². The van der Waals surface area contributed by atoms with Crippen LogP contribution in [-0.4, -0.2) is 46.9 Å². The molecule has 138 valence electrons. The molecule has 27 heavy (non-hydrogen) atoms. The van der Waals surface area contributed by atoms with Crippen molar-refractivity contribution in [2.24, 2.45) is 0 Å². The minimum atomic E-state index is -0.511. The van der Waals surface area contributed by atoms with E-state index in [0.29, 0.717) is 26.2 Å². The Bertz CT molecular complexity index is 1030. The summed E-state index contributed by atoms with van der Waals surface area (Å²) < 4.78 is 2.13. The van der Waals surface area contributed by atoms with Gasteiger partial charge in [0.2, 0.25) is 0 Å². The van der Waals surface area contributed by atoms with E-state index in [1.54, 1.807) is 28.4 Å². The van der Waals surface area contributed by atoms with Crippen molar-refractivity contribution in [2.45, 2.75) is 0 Å². The molecule has 0 atom stereocenters. The third kappa shape index (κ3) is 3.52. The van der Waals surface area contributed by atoms with Crippen LogP contribution in [0.15, 0.2) is 46.9 Å². The van der Waals surface area contributed by atoms with Crippen molar-refractivity contribution >= 4 is 54.2 Å². The summed E-state index contributed by atoms with van der Waals surface area (Å²) in [5.74, 6) is -0.296. The van der Waals surface area contributed by atoms with Crippen LogP contribution in [-0.2, 0) is 0 Å². The lowest BCUT2D eigenvalue weighted by molar-refractivity contribution is -0.385. The van der Waals surface area contributed by atoms with E-state index in [1.807, 2.05) is 18.2 Å². The number of nitrogens with zero attached hydrogens (tertiary/aromatic N) is 4. The van der Waals surface area contributed by atoms with E-state index in [9.17, 15) is 14.9 Å². The summed E-state index contributed by atoms with van der Waals surface area (Å²) in [6, 6.07) is 12.1. The fourth-order valence-corrected chi connectivity index (χ4v) is 4.68. The number of benzene rings is 2. The lowest BCUT2D eigenvalue weighted by Crippen LogP contribution is -2.48. The first kappa shape index (κ1) is 17.9. The van der Waals surface area contributed by atoms with Gasteiger partial charge in [-0.05, 0) is 24.3 Å². The Morgan fingerprint density at radius 1 is 1.15 bits per heavy atom. The summed E-state index contributed by atoms with van der Waals surface area (Å²) in [4.78, 5) is 31.9. The summed E-state index contributed by atoms with van der Waals surface area (Å²) in [6.45, 7) is 2.30. The van der Waals surface area contributed by atoms with Crippen molar-refractivity contribution < 1.29 is 9.72 Å². The van der Waals surface area contributed by atoms with Gasteiger partial charge in [0.05, 0.1) is 15.1 Å². The number of carbonyl (C=O) groups excluding carboxylic acids is 1. The topological polar surface area (TPSA) is 79.6 Å². The third-order valence-electron chi connectivity index (χ3n) is 4.51. The van der Waals surface area contributed by atoms with E-state index in [0.717, 1.165) is 19.8 Å². The van der Waals surface area contributed by atoms with Gasteiger partial charge >= 0.3 is 0 Å². The minimum absolute atomic E-state index is 0.140. The largest absolute Gasteiger partial charge is 0.345 e. The summed E-state index contributed by atoms with van der Waals surface area (Å²) in [5.41, 5.74) is 0.944. The van der Waals surface area contributed by atoms with Crippen LogP contribution in [0.2, 0.25) is 0 Å². The number of anilines is 1. The highest BCUT2D eigenvalue weighted by Crippen LogP contribution is 2.31. The van der Waals surface area contributed by atoms with Gasteiger partial charge in [0.15, 0.2) is 5.13 Å². The quantitative estimate of drug-likeness (QED) is 0.449. The van der Waals surface area contributed by atoms with Gasteiger partial charge in [0.1, 0.15) is 5.56 Å². The molecule has 0 spiro atoms. The fraction of sp³-hybridized carbons (Fsp3) is 0.222. The number of hydrogen-bond donors (Lipinski definition) is 0. The lowest BCUT2D eigenvalue weighted by Gasteiger charge is -2.34. The second-order valence-electron chi connectivity index (χ2n) is 6.16. The molecule has 1 aliphatic rings. The second kappa shape index (κ2) is 7.24. The summed E-state index contributed by atoms with van der Waals surface area (Å²) in [6.07, 6.45) is 0. The van der Waals surface area contributed by atoms with Crippen LogP contribution in [0, 0.1) is 10.1 Å². The van der Waals surface area contributed by atoms with Crippen molar-refractivity contribution in [3.63, 3.8) is 0 Å². The predicted molar refractivity (Wildman–Crippen MR) is 109 cm³/mol. The first-order valence-corrected chi connectivity index (χ1v) is 9.97. The highest BCUT2D eigenvalue weighted by atomic mass is 79.9. The lowest BCUT2D eigenvalue weighted by atomic mass is 10.1. The number of nitro benzene ring substituents is 1. The molecule has 4 rings (SSSR count). The Hall–Kier alpha value is -2.52. The van der Waals surface area contributed by atoms with Crippen LogP contribution in [0.5, 0.6) is 0 Å². The Morgan fingerprint density at radius 3 is 2.63 bits per heavy atom. The van der Waals surface area contributed by atoms with Crippen LogP contribution in [0.1, 0.15) is 10.4 Å². The molecule has 2 aromatic carbocycles. The monoisotopic (exact) mass is 446 g/mol. The normalized spacial score (nSPS) is 14.6. The molecular formula is C18H15BrN4O3S. The van der Waals surface area contributed by atoms with E-state index >= 15 is 0 Å². The predicted octanol–water partition coefficient (Wildman–Crippen LogP) is 3.93. The molecule has 0 N–H and O–H groups in total.